The third-order valence-corrected chi connectivity index (χ3v) is 2.73. The maximum atomic E-state index is 11.8. The molecule has 0 fully saturated rings. The van der Waals surface area contributed by atoms with Gasteiger partial charge in [0.05, 0.1) is 0 Å². The van der Waals surface area contributed by atoms with E-state index in [0.717, 1.165) is 12.8 Å². The molecule has 0 aliphatic heterocycles. The number of hydrogen-bond acceptors (Lipinski definition) is 4. The molecule has 0 saturated heterocycles. The molecule has 1 aromatic carbocycles. The summed E-state index contributed by atoms with van der Waals surface area (Å²) in [5.74, 6) is -1.05. The Hall–Kier alpha value is -2.81. The van der Waals surface area contributed by atoms with Gasteiger partial charge in [-0.3, -0.25) is 4.79 Å². The number of nitrogens with one attached hydrogen (secondary N) is 1. The summed E-state index contributed by atoms with van der Waals surface area (Å²) in [6.07, 6.45) is 3.30. The molecule has 0 aliphatic carbocycles. The van der Waals surface area contributed by atoms with E-state index in [1.165, 1.54) is 6.08 Å². The van der Waals surface area contributed by atoms with Crippen LogP contribution in [-0.4, -0.2) is 30.1 Å². The predicted octanol–water partition coefficient (Wildman–Crippen LogP) is 1.97. The fourth-order valence-corrected chi connectivity index (χ4v) is 1.59. The van der Waals surface area contributed by atoms with Crippen LogP contribution in [0.5, 0.6) is 5.75 Å². The number of aliphatic carboxylic acids is 1. The van der Waals surface area contributed by atoms with Crippen molar-refractivity contribution in [2.75, 3.05) is 13.2 Å². The van der Waals surface area contributed by atoms with E-state index in [1.807, 2.05) is 13.0 Å². The minimum atomic E-state index is -1.06. The summed E-state index contributed by atoms with van der Waals surface area (Å²) in [5.41, 5.74) is 0.681. The maximum absolute atomic E-state index is 11.8. The Morgan fingerprint density at radius 2 is 2.05 bits per heavy atom. The number of carboxylic acid groups (broad SMARTS) is 1. The number of carboxylic acids is 1. The van der Waals surface area contributed by atoms with E-state index in [1.54, 1.807) is 24.3 Å². The molecule has 0 spiro atoms. The van der Waals surface area contributed by atoms with E-state index >= 15 is 0 Å². The fraction of sp³-hybridized carbons (Fsp3) is 0.312. The number of carbonyl (C=O) groups excluding carboxylic acids is 1. The molecule has 0 radical (unpaired) electrons. The van der Waals surface area contributed by atoms with Gasteiger partial charge in [0.25, 0.3) is 5.91 Å². The zero-order valence-corrected chi connectivity index (χ0v) is 12.3. The Morgan fingerprint density at radius 3 is 2.59 bits per heavy atom. The average molecular weight is 302 g/mol. The molecule has 0 aliphatic rings. The molecule has 6 heteroatoms. The highest BCUT2D eigenvalue weighted by Crippen LogP contribution is 2.14. The Balaban J connectivity index is 2.70. The number of hydrogen-bond donors (Lipinski definition) is 2. The fourth-order valence-electron chi connectivity index (χ4n) is 1.59. The van der Waals surface area contributed by atoms with Crippen LogP contribution < -0.4 is 10.1 Å². The van der Waals surface area contributed by atoms with Crippen LogP contribution in [0.2, 0.25) is 0 Å². The minimum absolute atomic E-state index is 0.0234. The van der Waals surface area contributed by atoms with E-state index in [-0.39, 0.29) is 5.57 Å². The molecule has 116 valence electrons. The molecule has 0 saturated carbocycles. The lowest BCUT2D eigenvalue weighted by molar-refractivity contribution is -0.139. The van der Waals surface area contributed by atoms with Crippen molar-refractivity contribution >= 4 is 18.0 Å². The Kier molecular flexibility index (Phi) is 7.20. The highest BCUT2D eigenvalue weighted by molar-refractivity contribution is 6.01. The summed E-state index contributed by atoms with van der Waals surface area (Å²) < 4.78 is 5.00. The number of benzene rings is 1. The third kappa shape index (κ3) is 6.09. The summed E-state index contributed by atoms with van der Waals surface area (Å²) >= 11 is 0. The van der Waals surface area contributed by atoms with Crippen LogP contribution in [0.3, 0.4) is 0 Å². The van der Waals surface area contributed by atoms with Gasteiger partial charge < -0.3 is 15.2 Å². The largest absolute Gasteiger partial charge is 0.482 e. The number of carbonyl (C=O) groups is 2. The van der Waals surface area contributed by atoms with Crippen molar-refractivity contribution in [3.8, 4) is 11.8 Å². The van der Waals surface area contributed by atoms with Crippen LogP contribution in [-0.2, 0) is 9.59 Å². The molecule has 1 aromatic rings. The predicted molar refractivity (Wildman–Crippen MR) is 81.1 cm³/mol. The van der Waals surface area contributed by atoms with Gasteiger partial charge in [0, 0.05) is 6.54 Å². The first-order valence-corrected chi connectivity index (χ1v) is 6.91. The zero-order valence-electron chi connectivity index (χ0n) is 12.3. The molecule has 0 aromatic heterocycles. The average Bonchev–Trinajstić information content (AvgIpc) is 2.51. The molecule has 0 atom stereocenters. The highest BCUT2D eigenvalue weighted by atomic mass is 16.5. The van der Waals surface area contributed by atoms with Gasteiger partial charge in [-0.2, -0.15) is 5.26 Å². The number of rotatable bonds is 8. The van der Waals surface area contributed by atoms with Crippen LogP contribution in [0.4, 0.5) is 0 Å². The van der Waals surface area contributed by atoms with Crippen molar-refractivity contribution in [1.82, 2.24) is 5.32 Å². The molecule has 0 heterocycles. The molecule has 0 unspecified atom stereocenters. The highest BCUT2D eigenvalue weighted by Gasteiger charge is 2.08. The van der Waals surface area contributed by atoms with Crippen molar-refractivity contribution in [3.05, 3.63) is 35.4 Å². The molecular weight excluding hydrogens is 284 g/mol. The van der Waals surface area contributed by atoms with Crippen molar-refractivity contribution in [1.29, 1.82) is 5.26 Å². The topological polar surface area (TPSA) is 99.4 Å². The Morgan fingerprint density at radius 1 is 1.36 bits per heavy atom. The van der Waals surface area contributed by atoms with E-state index in [9.17, 15) is 9.59 Å². The summed E-state index contributed by atoms with van der Waals surface area (Å²) in [6, 6.07) is 8.33. The smallest absolute Gasteiger partial charge is 0.341 e. The quantitative estimate of drug-likeness (QED) is 0.434. The van der Waals surface area contributed by atoms with Crippen molar-refractivity contribution in [2.24, 2.45) is 0 Å². The maximum Gasteiger partial charge on any atom is 0.341 e. The van der Waals surface area contributed by atoms with Crippen LogP contribution in [0.25, 0.3) is 6.08 Å². The van der Waals surface area contributed by atoms with E-state index in [2.05, 4.69) is 5.32 Å². The van der Waals surface area contributed by atoms with Gasteiger partial charge in [-0.1, -0.05) is 25.5 Å². The lowest BCUT2D eigenvalue weighted by atomic mass is 10.1. The Labute approximate surface area is 129 Å². The van der Waals surface area contributed by atoms with Crippen LogP contribution in [0.1, 0.15) is 25.3 Å². The van der Waals surface area contributed by atoms with Gasteiger partial charge in [0.1, 0.15) is 17.4 Å². The van der Waals surface area contributed by atoms with Crippen LogP contribution in [0.15, 0.2) is 29.8 Å². The summed E-state index contributed by atoms with van der Waals surface area (Å²) in [5, 5.41) is 20.2. The van der Waals surface area contributed by atoms with Crippen LogP contribution in [0, 0.1) is 11.3 Å². The van der Waals surface area contributed by atoms with Crippen molar-refractivity contribution < 1.29 is 19.4 Å². The standard InChI is InChI=1S/C16H18N2O4/c1-2-3-8-18-16(21)13(10-17)9-12-4-6-14(7-5-12)22-11-15(19)20/h4-7,9H,2-3,8,11H2,1H3,(H,18,21)(H,19,20)/b13-9+. The Bertz CT molecular complexity index is 585. The summed E-state index contributed by atoms with van der Waals surface area (Å²) in [6.45, 7) is 2.13. The van der Waals surface area contributed by atoms with Crippen molar-refractivity contribution in [3.63, 3.8) is 0 Å². The van der Waals surface area contributed by atoms with Gasteiger partial charge in [0.15, 0.2) is 6.61 Å². The first kappa shape index (κ1) is 17.2. The molecule has 2 N–H and O–H groups in total. The molecular formula is C16H18N2O4. The van der Waals surface area contributed by atoms with E-state index < -0.39 is 18.5 Å². The SMILES string of the molecule is CCCCNC(=O)/C(C#N)=C/c1ccc(OCC(=O)O)cc1. The number of ether oxygens (including phenoxy) is 1. The molecule has 6 nitrogen and oxygen atoms in total. The second kappa shape index (κ2) is 9.19. The number of amides is 1. The first-order valence-electron chi connectivity index (χ1n) is 6.91. The number of unbranched alkanes of at least 4 members (excludes halogenated alkanes) is 1. The zero-order chi connectivity index (χ0) is 16.4. The monoisotopic (exact) mass is 302 g/mol. The van der Waals surface area contributed by atoms with E-state index in [4.69, 9.17) is 15.1 Å². The number of nitrogens with zero attached hydrogens (tertiary/aromatic N) is 1. The van der Waals surface area contributed by atoms with Gasteiger partial charge in [-0.25, -0.2) is 4.79 Å². The normalized spacial score (nSPS) is 10.6. The second-order valence-electron chi connectivity index (χ2n) is 4.53. The van der Waals surface area contributed by atoms with Crippen LogP contribution >= 0.6 is 0 Å². The van der Waals surface area contributed by atoms with Gasteiger partial charge in [0.2, 0.25) is 0 Å². The molecule has 22 heavy (non-hydrogen) atoms. The molecule has 0 bridgehead atoms. The molecule has 1 rings (SSSR count). The van der Waals surface area contributed by atoms with Gasteiger partial charge >= 0.3 is 5.97 Å². The minimum Gasteiger partial charge on any atom is -0.482 e. The summed E-state index contributed by atoms with van der Waals surface area (Å²) in [4.78, 5) is 22.2. The number of nitriles is 1. The lowest BCUT2D eigenvalue weighted by Gasteiger charge is -2.04. The third-order valence-electron chi connectivity index (χ3n) is 2.73. The summed E-state index contributed by atoms with van der Waals surface area (Å²) in [7, 11) is 0. The first-order chi connectivity index (χ1) is 10.6. The van der Waals surface area contributed by atoms with Gasteiger partial charge in [-0.15, -0.1) is 0 Å². The van der Waals surface area contributed by atoms with E-state index in [0.29, 0.717) is 17.9 Å². The second-order valence-corrected chi connectivity index (χ2v) is 4.53. The molecule has 1 amide bonds. The lowest BCUT2D eigenvalue weighted by Crippen LogP contribution is -2.25. The van der Waals surface area contributed by atoms with Gasteiger partial charge in [-0.05, 0) is 30.2 Å². The van der Waals surface area contributed by atoms with Crippen molar-refractivity contribution in [2.45, 2.75) is 19.8 Å².